The molecule has 0 amide bonds. The molecule has 1 aromatic rings. The summed E-state index contributed by atoms with van der Waals surface area (Å²) in [7, 11) is 0. The van der Waals surface area contributed by atoms with Gasteiger partial charge in [0.25, 0.3) is 0 Å². The van der Waals surface area contributed by atoms with Gasteiger partial charge in [-0.25, -0.2) is 0 Å². The number of carbonyl (C=O) groups excluding carboxylic acids is 1. The Labute approximate surface area is 98.2 Å². The van der Waals surface area contributed by atoms with Gasteiger partial charge < -0.3 is 20.7 Å². The van der Waals surface area contributed by atoms with Crippen molar-refractivity contribution in [1.82, 2.24) is 10.2 Å². The summed E-state index contributed by atoms with van der Waals surface area (Å²) >= 11 is 0. The van der Waals surface area contributed by atoms with Gasteiger partial charge in [-0.05, 0) is 19.1 Å². The Morgan fingerprint density at radius 2 is 2.18 bits per heavy atom. The van der Waals surface area contributed by atoms with E-state index in [1.54, 1.807) is 6.92 Å². The molecular formula is C10H15N3O4. The van der Waals surface area contributed by atoms with E-state index in [2.05, 4.69) is 14.9 Å². The zero-order valence-corrected chi connectivity index (χ0v) is 9.41. The Morgan fingerprint density at radius 1 is 1.47 bits per heavy atom. The number of nitrogen functional groups attached to an aromatic ring is 1. The number of nitrogens with zero attached hydrogens (tertiary/aromatic N) is 2. The summed E-state index contributed by atoms with van der Waals surface area (Å²) in [6, 6.07) is 2.88. The van der Waals surface area contributed by atoms with E-state index in [0.29, 0.717) is 0 Å². The van der Waals surface area contributed by atoms with Crippen molar-refractivity contribution in [2.24, 2.45) is 0 Å². The second kappa shape index (κ2) is 6.12. The Kier molecular flexibility index (Phi) is 4.80. The molecule has 94 valence electrons. The molecular weight excluding hydrogens is 226 g/mol. The van der Waals surface area contributed by atoms with E-state index in [4.69, 9.17) is 5.73 Å². The molecule has 0 spiro atoms. The largest absolute Gasteiger partial charge is 0.466 e. The molecule has 0 saturated heterocycles. The van der Waals surface area contributed by atoms with Crippen LogP contribution in [-0.4, -0.2) is 39.1 Å². The zero-order valence-electron chi connectivity index (χ0n) is 9.41. The maximum atomic E-state index is 11.1. The van der Waals surface area contributed by atoms with E-state index < -0.39 is 18.2 Å². The summed E-state index contributed by atoms with van der Waals surface area (Å²) in [6.07, 6.45) is -2.89. The molecule has 0 aliphatic rings. The maximum absolute atomic E-state index is 11.1. The lowest BCUT2D eigenvalue weighted by Gasteiger charge is -2.15. The SMILES string of the molecule is CCOC(=O)CC(O)C(O)c1ccc(N)nn1. The number of rotatable bonds is 5. The van der Waals surface area contributed by atoms with Gasteiger partial charge in [0, 0.05) is 0 Å². The second-order valence-corrected chi connectivity index (χ2v) is 3.40. The molecule has 7 heteroatoms. The first kappa shape index (κ1) is 13.3. The van der Waals surface area contributed by atoms with Gasteiger partial charge in [0.2, 0.25) is 0 Å². The van der Waals surface area contributed by atoms with Crippen LogP contribution in [-0.2, 0) is 9.53 Å². The van der Waals surface area contributed by atoms with Crippen LogP contribution >= 0.6 is 0 Å². The summed E-state index contributed by atoms with van der Waals surface area (Å²) in [4.78, 5) is 11.1. The number of aromatic nitrogens is 2. The molecule has 17 heavy (non-hydrogen) atoms. The highest BCUT2D eigenvalue weighted by Gasteiger charge is 2.23. The molecule has 0 aliphatic heterocycles. The fourth-order valence-electron chi connectivity index (χ4n) is 1.21. The van der Waals surface area contributed by atoms with Gasteiger partial charge in [-0.3, -0.25) is 4.79 Å². The highest BCUT2D eigenvalue weighted by molar-refractivity contribution is 5.70. The van der Waals surface area contributed by atoms with E-state index in [-0.39, 0.29) is 24.5 Å². The normalized spacial score (nSPS) is 14.1. The summed E-state index contributed by atoms with van der Waals surface area (Å²) in [5.41, 5.74) is 5.48. The third-order valence-electron chi connectivity index (χ3n) is 2.05. The number of hydrogen-bond acceptors (Lipinski definition) is 7. The minimum Gasteiger partial charge on any atom is -0.466 e. The van der Waals surface area contributed by atoms with Crippen LogP contribution in [0.3, 0.4) is 0 Å². The average Bonchev–Trinajstić information content (AvgIpc) is 2.29. The molecule has 0 bridgehead atoms. The fourth-order valence-corrected chi connectivity index (χ4v) is 1.21. The molecule has 0 saturated carbocycles. The number of ether oxygens (including phenoxy) is 1. The predicted molar refractivity (Wildman–Crippen MR) is 58.7 cm³/mol. The predicted octanol–water partition coefficient (Wildman–Crippen LogP) is -0.594. The molecule has 0 aliphatic carbocycles. The summed E-state index contributed by atoms with van der Waals surface area (Å²) < 4.78 is 4.65. The average molecular weight is 241 g/mol. The third kappa shape index (κ3) is 3.97. The first-order valence-corrected chi connectivity index (χ1v) is 5.15. The number of esters is 1. The molecule has 0 fully saturated rings. The van der Waals surface area contributed by atoms with E-state index in [9.17, 15) is 15.0 Å². The topological polar surface area (TPSA) is 119 Å². The molecule has 4 N–H and O–H groups in total. The Hall–Kier alpha value is -1.73. The van der Waals surface area contributed by atoms with Crippen molar-refractivity contribution in [2.75, 3.05) is 12.3 Å². The Morgan fingerprint density at radius 3 is 2.71 bits per heavy atom. The lowest BCUT2D eigenvalue weighted by Crippen LogP contribution is -2.24. The molecule has 2 atom stereocenters. The van der Waals surface area contributed by atoms with Gasteiger partial charge in [0.05, 0.1) is 24.8 Å². The summed E-state index contributed by atoms with van der Waals surface area (Å²) in [6.45, 7) is 1.88. The third-order valence-corrected chi connectivity index (χ3v) is 2.05. The molecule has 0 aromatic carbocycles. The zero-order chi connectivity index (χ0) is 12.8. The molecule has 2 unspecified atom stereocenters. The van der Waals surface area contributed by atoms with Gasteiger partial charge in [-0.1, -0.05) is 0 Å². The molecule has 1 heterocycles. The van der Waals surface area contributed by atoms with Crippen LogP contribution in [0.2, 0.25) is 0 Å². The van der Waals surface area contributed by atoms with Crippen molar-refractivity contribution in [2.45, 2.75) is 25.6 Å². The van der Waals surface area contributed by atoms with Crippen LogP contribution in [0.1, 0.15) is 25.1 Å². The highest BCUT2D eigenvalue weighted by Crippen LogP contribution is 2.17. The van der Waals surface area contributed by atoms with Gasteiger partial charge >= 0.3 is 5.97 Å². The second-order valence-electron chi connectivity index (χ2n) is 3.40. The number of nitrogens with two attached hydrogens (primary N) is 1. The lowest BCUT2D eigenvalue weighted by atomic mass is 10.1. The van der Waals surface area contributed by atoms with Crippen molar-refractivity contribution < 1.29 is 19.7 Å². The highest BCUT2D eigenvalue weighted by atomic mass is 16.5. The standard InChI is InChI=1S/C10H15N3O4/c1-2-17-9(15)5-7(14)10(16)6-3-4-8(11)13-12-6/h3-4,7,10,14,16H,2,5H2,1H3,(H2,11,13). The number of aliphatic hydroxyl groups excluding tert-OH is 2. The van der Waals surface area contributed by atoms with Crippen LogP contribution in [0.4, 0.5) is 5.82 Å². The monoisotopic (exact) mass is 241 g/mol. The number of hydrogen-bond donors (Lipinski definition) is 3. The molecule has 1 aromatic heterocycles. The number of aliphatic hydroxyl groups is 2. The van der Waals surface area contributed by atoms with Gasteiger partial charge in [0.15, 0.2) is 0 Å². The fraction of sp³-hybridized carbons (Fsp3) is 0.500. The number of carbonyl (C=O) groups is 1. The minimum absolute atomic E-state index is 0.149. The number of anilines is 1. The quantitative estimate of drug-likeness (QED) is 0.589. The Bertz CT molecular complexity index is 368. The van der Waals surface area contributed by atoms with E-state index >= 15 is 0 Å². The van der Waals surface area contributed by atoms with Crippen LogP contribution in [0.5, 0.6) is 0 Å². The molecule has 7 nitrogen and oxygen atoms in total. The van der Waals surface area contributed by atoms with Crippen LogP contribution in [0.25, 0.3) is 0 Å². The summed E-state index contributed by atoms with van der Waals surface area (Å²) in [5.74, 6) is -0.372. The smallest absolute Gasteiger partial charge is 0.308 e. The van der Waals surface area contributed by atoms with Crippen molar-refractivity contribution in [3.63, 3.8) is 0 Å². The van der Waals surface area contributed by atoms with Crippen molar-refractivity contribution in [3.8, 4) is 0 Å². The van der Waals surface area contributed by atoms with Crippen molar-refractivity contribution in [3.05, 3.63) is 17.8 Å². The van der Waals surface area contributed by atoms with Crippen LogP contribution < -0.4 is 5.73 Å². The summed E-state index contributed by atoms with van der Waals surface area (Å²) in [5, 5.41) is 26.4. The maximum Gasteiger partial charge on any atom is 0.308 e. The van der Waals surface area contributed by atoms with Gasteiger partial charge in [-0.15, -0.1) is 5.10 Å². The van der Waals surface area contributed by atoms with Crippen LogP contribution in [0, 0.1) is 0 Å². The molecule has 1 rings (SSSR count). The molecule has 0 radical (unpaired) electrons. The lowest BCUT2D eigenvalue weighted by molar-refractivity contribution is -0.147. The van der Waals surface area contributed by atoms with Crippen molar-refractivity contribution >= 4 is 11.8 Å². The van der Waals surface area contributed by atoms with E-state index in [1.807, 2.05) is 0 Å². The van der Waals surface area contributed by atoms with Gasteiger partial charge in [0.1, 0.15) is 11.9 Å². The first-order valence-electron chi connectivity index (χ1n) is 5.15. The van der Waals surface area contributed by atoms with E-state index in [0.717, 1.165) is 0 Å². The van der Waals surface area contributed by atoms with E-state index in [1.165, 1.54) is 12.1 Å². The first-order chi connectivity index (χ1) is 8.04. The van der Waals surface area contributed by atoms with Gasteiger partial charge in [-0.2, -0.15) is 5.10 Å². The minimum atomic E-state index is -1.30. The van der Waals surface area contributed by atoms with Crippen LogP contribution in [0.15, 0.2) is 12.1 Å². The van der Waals surface area contributed by atoms with Crippen molar-refractivity contribution in [1.29, 1.82) is 0 Å². The Balaban J connectivity index is 2.60.